The standard InChI is InChI=1S/C22H21N5O3/c1-15(24-21-23-12-11-19(26-21)27-13-14-30-22(27)29)16-7-9-17(10-8-16)20(28)25-18-5-3-2-4-6-18/h2-12,15H,13-14H2,1H3,(H,25,28)(H,23,24,26)/t15-/m0/s1. The minimum absolute atomic E-state index is 0.1000. The van der Waals surface area contributed by atoms with Crippen molar-refractivity contribution < 1.29 is 14.3 Å². The summed E-state index contributed by atoms with van der Waals surface area (Å²) in [6, 6.07) is 18.2. The highest BCUT2D eigenvalue weighted by Gasteiger charge is 2.25. The lowest BCUT2D eigenvalue weighted by Gasteiger charge is -2.17. The van der Waals surface area contributed by atoms with Crippen molar-refractivity contribution in [2.75, 3.05) is 28.7 Å². The third-order valence-corrected chi connectivity index (χ3v) is 4.73. The van der Waals surface area contributed by atoms with E-state index in [2.05, 4.69) is 20.6 Å². The summed E-state index contributed by atoms with van der Waals surface area (Å²) in [7, 11) is 0. The molecule has 2 N–H and O–H groups in total. The van der Waals surface area contributed by atoms with Gasteiger partial charge in [0, 0.05) is 17.4 Å². The quantitative estimate of drug-likeness (QED) is 0.649. The summed E-state index contributed by atoms with van der Waals surface area (Å²) >= 11 is 0. The number of hydrogen-bond donors (Lipinski definition) is 2. The Kier molecular flexibility index (Phi) is 5.56. The molecule has 1 aromatic heterocycles. The number of benzene rings is 2. The van der Waals surface area contributed by atoms with Gasteiger partial charge in [0.1, 0.15) is 12.4 Å². The molecule has 152 valence electrons. The molecule has 4 rings (SSSR count). The highest BCUT2D eigenvalue weighted by Crippen LogP contribution is 2.21. The lowest BCUT2D eigenvalue weighted by Crippen LogP contribution is -2.25. The van der Waals surface area contributed by atoms with Gasteiger partial charge in [0.15, 0.2) is 0 Å². The van der Waals surface area contributed by atoms with Crippen LogP contribution < -0.4 is 15.5 Å². The van der Waals surface area contributed by atoms with Gasteiger partial charge in [-0.1, -0.05) is 30.3 Å². The van der Waals surface area contributed by atoms with E-state index in [1.54, 1.807) is 24.4 Å². The van der Waals surface area contributed by atoms with E-state index in [1.807, 2.05) is 49.4 Å². The van der Waals surface area contributed by atoms with Crippen molar-refractivity contribution in [1.82, 2.24) is 9.97 Å². The molecule has 2 aromatic carbocycles. The number of aromatic nitrogens is 2. The van der Waals surface area contributed by atoms with Gasteiger partial charge in [0.2, 0.25) is 5.95 Å². The Bertz CT molecular complexity index is 1040. The first-order valence-electron chi connectivity index (χ1n) is 9.60. The zero-order valence-electron chi connectivity index (χ0n) is 16.4. The van der Waals surface area contributed by atoms with Gasteiger partial charge in [-0.25, -0.2) is 9.78 Å². The van der Waals surface area contributed by atoms with E-state index in [4.69, 9.17) is 4.74 Å². The maximum absolute atomic E-state index is 12.4. The number of rotatable bonds is 6. The Morgan fingerprint density at radius 3 is 2.57 bits per heavy atom. The van der Waals surface area contributed by atoms with Crippen molar-refractivity contribution in [3.63, 3.8) is 0 Å². The van der Waals surface area contributed by atoms with E-state index < -0.39 is 6.09 Å². The maximum Gasteiger partial charge on any atom is 0.415 e. The Labute approximate surface area is 173 Å². The van der Waals surface area contributed by atoms with Crippen LogP contribution in [0.15, 0.2) is 66.9 Å². The molecule has 0 bridgehead atoms. The fourth-order valence-electron chi connectivity index (χ4n) is 3.10. The molecular weight excluding hydrogens is 382 g/mol. The Balaban J connectivity index is 1.41. The largest absolute Gasteiger partial charge is 0.447 e. The number of ether oxygens (including phenoxy) is 1. The molecule has 1 atom stereocenters. The highest BCUT2D eigenvalue weighted by atomic mass is 16.6. The first kappa shape index (κ1) is 19.4. The van der Waals surface area contributed by atoms with E-state index in [0.717, 1.165) is 11.3 Å². The summed E-state index contributed by atoms with van der Waals surface area (Å²) in [6.07, 6.45) is 1.19. The monoisotopic (exact) mass is 403 g/mol. The molecule has 1 saturated heterocycles. The third kappa shape index (κ3) is 4.38. The number of nitrogens with zero attached hydrogens (tertiary/aromatic N) is 3. The molecule has 8 nitrogen and oxygen atoms in total. The molecule has 1 aliphatic heterocycles. The minimum Gasteiger partial charge on any atom is -0.447 e. The van der Waals surface area contributed by atoms with Crippen LogP contribution >= 0.6 is 0 Å². The second-order valence-electron chi connectivity index (χ2n) is 6.81. The lowest BCUT2D eigenvalue weighted by atomic mass is 10.1. The minimum atomic E-state index is -0.405. The number of carbonyl (C=O) groups is 2. The normalized spacial score (nSPS) is 14.2. The van der Waals surface area contributed by atoms with Crippen LogP contribution in [0.5, 0.6) is 0 Å². The second kappa shape index (κ2) is 8.60. The van der Waals surface area contributed by atoms with Crippen LogP contribution in [-0.2, 0) is 4.74 Å². The van der Waals surface area contributed by atoms with Gasteiger partial charge < -0.3 is 15.4 Å². The molecule has 0 aliphatic carbocycles. The SMILES string of the molecule is C[C@H](Nc1nccc(N2CCOC2=O)n1)c1ccc(C(=O)Nc2ccccc2)cc1. The molecule has 30 heavy (non-hydrogen) atoms. The van der Waals surface area contributed by atoms with Crippen LogP contribution in [0.3, 0.4) is 0 Å². The van der Waals surface area contributed by atoms with Crippen molar-refractivity contribution >= 4 is 29.5 Å². The van der Waals surface area contributed by atoms with Crippen molar-refractivity contribution in [3.05, 3.63) is 78.0 Å². The Morgan fingerprint density at radius 1 is 1.10 bits per heavy atom. The van der Waals surface area contributed by atoms with Gasteiger partial charge in [0.05, 0.1) is 12.6 Å². The first-order chi connectivity index (χ1) is 14.6. The highest BCUT2D eigenvalue weighted by molar-refractivity contribution is 6.04. The Hall–Kier alpha value is -3.94. The maximum atomic E-state index is 12.4. The van der Waals surface area contributed by atoms with E-state index in [-0.39, 0.29) is 11.9 Å². The first-order valence-corrected chi connectivity index (χ1v) is 9.60. The van der Waals surface area contributed by atoms with Gasteiger partial charge in [0.25, 0.3) is 5.91 Å². The summed E-state index contributed by atoms with van der Waals surface area (Å²) in [5.41, 5.74) is 2.29. The molecule has 1 fully saturated rings. The smallest absolute Gasteiger partial charge is 0.415 e. The topological polar surface area (TPSA) is 96.4 Å². The van der Waals surface area contributed by atoms with E-state index in [9.17, 15) is 9.59 Å². The van der Waals surface area contributed by atoms with Gasteiger partial charge in [-0.3, -0.25) is 9.69 Å². The molecule has 0 saturated carbocycles. The van der Waals surface area contributed by atoms with Gasteiger partial charge >= 0.3 is 6.09 Å². The molecule has 1 aliphatic rings. The number of amides is 2. The number of nitrogens with one attached hydrogen (secondary N) is 2. The number of para-hydroxylation sites is 1. The van der Waals surface area contributed by atoms with Crippen molar-refractivity contribution in [2.24, 2.45) is 0 Å². The van der Waals surface area contributed by atoms with Crippen molar-refractivity contribution in [1.29, 1.82) is 0 Å². The van der Waals surface area contributed by atoms with Crippen molar-refractivity contribution in [2.45, 2.75) is 13.0 Å². The average molecular weight is 403 g/mol. The number of hydrogen-bond acceptors (Lipinski definition) is 6. The molecule has 2 heterocycles. The zero-order chi connectivity index (χ0) is 20.9. The van der Waals surface area contributed by atoms with Gasteiger partial charge in [-0.05, 0) is 42.8 Å². The predicted octanol–water partition coefficient (Wildman–Crippen LogP) is 3.86. The summed E-state index contributed by atoms with van der Waals surface area (Å²) in [5, 5.41) is 6.09. The summed E-state index contributed by atoms with van der Waals surface area (Å²) < 4.78 is 4.95. The molecule has 0 radical (unpaired) electrons. The van der Waals surface area contributed by atoms with E-state index >= 15 is 0 Å². The molecule has 8 heteroatoms. The van der Waals surface area contributed by atoms with Gasteiger partial charge in [-0.2, -0.15) is 4.98 Å². The van der Waals surface area contributed by atoms with Crippen LogP contribution in [0.25, 0.3) is 0 Å². The van der Waals surface area contributed by atoms with Crippen LogP contribution in [0, 0.1) is 0 Å². The number of cyclic esters (lactones) is 1. The second-order valence-corrected chi connectivity index (χ2v) is 6.81. The third-order valence-electron chi connectivity index (χ3n) is 4.73. The number of anilines is 3. The van der Waals surface area contributed by atoms with E-state index in [1.165, 1.54) is 4.90 Å². The zero-order valence-corrected chi connectivity index (χ0v) is 16.4. The van der Waals surface area contributed by atoms with Crippen LogP contribution in [-0.4, -0.2) is 35.1 Å². The average Bonchev–Trinajstić information content (AvgIpc) is 3.20. The predicted molar refractivity (Wildman–Crippen MR) is 114 cm³/mol. The van der Waals surface area contributed by atoms with Gasteiger partial charge in [-0.15, -0.1) is 0 Å². The summed E-state index contributed by atoms with van der Waals surface area (Å²) in [5.74, 6) is 0.739. The fourth-order valence-corrected chi connectivity index (χ4v) is 3.10. The van der Waals surface area contributed by atoms with Crippen LogP contribution in [0.2, 0.25) is 0 Å². The molecule has 2 amide bonds. The molecular formula is C22H21N5O3. The molecule has 0 spiro atoms. The summed E-state index contributed by atoms with van der Waals surface area (Å²) in [6.45, 7) is 2.79. The van der Waals surface area contributed by atoms with E-state index in [0.29, 0.717) is 30.5 Å². The van der Waals surface area contributed by atoms with Crippen LogP contribution in [0.4, 0.5) is 22.2 Å². The van der Waals surface area contributed by atoms with Crippen LogP contribution in [0.1, 0.15) is 28.9 Å². The Morgan fingerprint density at radius 2 is 1.87 bits per heavy atom. The van der Waals surface area contributed by atoms with Crippen molar-refractivity contribution in [3.8, 4) is 0 Å². The summed E-state index contributed by atoms with van der Waals surface area (Å²) in [4.78, 5) is 34.2. The fraction of sp³-hybridized carbons (Fsp3) is 0.182. The number of carbonyl (C=O) groups excluding carboxylic acids is 2. The lowest BCUT2D eigenvalue weighted by molar-refractivity contribution is 0.102. The molecule has 3 aromatic rings. The molecule has 0 unspecified atom stereocenters.